The fraction of sp³-hybridized carbons (Fsp3) is 0.500. The molecule has 0 atom stereocenters. The van der Waals surface area contributed by atoms with Gasteiger partial charge in [0.2, 0.25) is 0 Å². The van der Waals surface area contributed by atoms with Crippen molar-refractivity contribution >= 4 is 0 Å². The number of nitrogens with zero attached hydrogens (tertiary/aromatic N) is 3. The second-order valence-corrected chi connectivity index (χ2v) is 3.36. The lowest BCUT2D eigenvalue weighted by atomic mass is 10.3. The molecule has 0 unspecified atom stereocenters. The standard InChI is InChI=1S/C7H11N3.C3H6/c1-9-3-6-4-10(2)8-7(6)5-9;1-3-2/h4H,3,5H2,1-2H3;3H,1H2,2H3. The molecule has 0 radical (unpaired) electrons. The van der Waals surface area contributed by atoms with Crippen molar-refractivity contribution in [1.29, 1.82) is 0 Å². The van der Waals surface area contributed by atoms with Crippen LogP contribution in [-0.2, 0) is 20.1 Å². The van der Waals surface area contributed by atoms with E-state index in [1.165, 1.54) is 11.3 Å². The van der Waals surface area contributed by atoms with Crippen LogP contribution in [0, 0.1) is 0 Å². The number of allylic oxidation sites excluding steroid dienone is 1. The minimum absolute atomic E-state index is 1.01. The van der Waals surface area contributed by atoms with Gasteiger partial charge < -0.3 is 0 Å². The zero-order valence-electron chi connectivity index (χ0n) is 8.62. The monoisotopic (exact) mass is 179 g/mol. The molecule has 3 heteroatoms. The summed E-state index contributed by atoms with van der Waals surface area (Å²) in [7, 11) is 4.08. The minimum atomic E-state index is 1.01. The average molecular weight is 179 g/mol. The Morgan fingerprint density at radius 1 is 1.46 bits per heavy atom. The summed E-state index contributed by atoms with van der Waals surface area (Å²) >= 11 is 0. The van der Waals surface area contributed by atoms with Crippen LogP contribution in [0.5, 0.6) is 0 Å². The van der Waals surface area contributed by atoms with Gasteiger partial charge in [-0.2, -0.15) is 5.10 Å². The van der Waals surface area contributed by atoms with Crippen molar-refractivity contribution in [3.8, 4) is 0 Å². The fourth-order valence-corrected chi connectivity index (χ4v) is 1.45. The summed E-state index contributed by atoms with van der Waals surface area (Å²) in [5.41, 5.74) is 2.62. The lowest BCUT2D eigenvalue weighted by molar-refractivity contribution is 0.346. The molecule has 0 N–H and O–H groups in total. The van der Waals surface area contributed by atoms with Gasteiger partial charge >= 0.3 is 0 Å². The van der Waals surface area contributed by atoms with Crippen LogP contribution >= 0.6 is 0 Å². The van der Waals surface area contributed by atoms with Gasteiger partial charge in [-0.1, -0.05) is 6.08 Å². The zero-order valence-corrected chi connectivity index (χ0v) is 8.62. The molecule has 1 aliphatic rings. The maximum Gasteiger partial charge on any atom is 0.0809 e. The highest BCUT2D eigenvalue weighted by molar-refractivity contribution is 5.20. The van der Waals surface area contributed by atoms with Crippen molar-refractivity contribution in [3.63, 3.8) is 0 Å². The Hall–Kier alpha value is -1.09. The van der Waals surface area contributed by atoms with Crippen molar-refractivity contribution in [3.05, 3.63) is 30.1 Å². The van der Waals surface area contributed by atoms with Crippen LogP contribution in [0.2, 0.25) is 0 Å². The zero-order chi connectivity index (χ0) is 9.84. The molecular weight excluding hydrogens is 162 g/mol. The molecule has 1 aromatic heterocycles. The third kappa shape index (κ3) is 2.42. The van der Waals surface area contributed by atoms with Gasteiger partial charge in [-0.15, -0.1) is 6.58 Å². The topological polar surface area (TPSA) is 21.1 Å². The number of hydrogen-bond acceptors (Lipinski definition) is 2. The second kappa shape index (κ2) is 4.23. The van der Waals surface area contributed by atoms with E-state index in [0.29, 0.717) is 0 Å². The molecule has 2 rings (SSSR count). The summed E-state index contributed by atoms with van der Waals surface area (Å²) < 4.78 is 1.89. The SMILES string of the molecule is C=CC.CN1Cc2cn(C)nc2C1. The molecule has 2 heterocycles. The third-order valence-corrected chi connectivity index (χ3v) is 1.85. The molecule has 72 valence electrons. The molecule has 0 saturated carbocycles. The molecule has 3 nitrogen and oxygen atoms in total. The second-order valence-electron chi connectivity index (χ2n) is 3.36. The van der Waals surface area contributed by atoms with E-state index in [4.69, 9.17) is 0 Å². The van der Waals surface area contributed by atoms with Crippen molar-refractivity contribution in [2.75, 3.05) is 7.05 Å². The van der Waals surface area contributed by atoms with Gasteiger partial charge in [0, 0.05) is 31.9 Å². The van der Waals surface area contributed by atoms with Gasteiger partial charge in [-0.3, -0.25) is 9.58 Å². The van der Waals surface area contributed by atoms with E-state index in [1.54, 1.807) is 6.08 Å². The van der Waals surface area contributed by atoms with Crippen molar-refractivity contribution in [2.45, 2.75) is 20.0 Å². The van der Waals surface area contributed by atoms with Gasteiger partial charge in [-0.05, 0) is 14.0 Å². The van der Waals surface area contributed by atoms with E-state index in [0.717, 1.165) is 13.1 Å². The van der Waals surface area contributed by atoms with Gasteiger partial charge in [0.15, 0.2) is 0 Å². The molecule has 0 fully saturated rings. The first-order chi connectivity index (χ1) is 6.17. The molecule has 0 saturated heterocycles. The molecule has 0 spiro atoms. The quantitative estimate of drug-likeness (QED) is 0.563. The molecule has 1 aliphatic heterocycles. The third-order valence-electron chi connectivity index (χ3n) is 1.85. The van der Waals surface area contributed by atoms with Crippen LogP contribution in [0.25, 0.3) is 0 Å². The number of fused-ring (bicyclic) bond motifs is 1. The normalized spacial score (nSPS) is 14.7. The Kier molecular flexibility index (Phi) is 3.25. The number of rotatable bonds is 0. The van der Waals surface area contributed by atoms with Crippen LogP contribution in [0.1, 0.15) is 18.2 Å². The summed E-state index contributed by atoms with van der Waals surface area (Å²) in [4.78, 5) is 2.26. The molecule has 0 amide bonds. The smallest absolute Gasteiger partial charge is 0.0809 e. The number of hydrogen-bond donors (Lipinski definition) is 0. The van der Waals surface area contributed by atoms with Crippen LogP contribution in [0.15, 0.2) is 18.9 Å². The molecule has 0 aromatic carbocycles. The summed E-state index contributed by atoms with van der Waals surface area (Å²) in [6, 6.07) is 0. The average Bonchev–Trinajstić information content (AvgIpc) is 2.44. The number of aromatic nitrogens is 2. The van der Waals surface area contributed by atoms with E-state index < -0.39 is 0 Å². The molecule has 1 aromatic rings. The van der Waals surface area contributed by atoms with E-state index in [1.807, 2.05) is 18.7 Å². The molecule has 13 heavy (non-hydrogen) atoms. The van der Waals surface area contributed by atoms with Crippen LogP contribution in [0.4, 0.5) is 0 Å². The predicted octanol–water partition coefficient (Wildman–Crippen LogP) is 1.56. The van der Waals surface area contributed by atoms with Crippen LogP contribution in [-0.4, -0.2) is 21.7 Å². The summed E-state index contributed by atoms with van der Waals surface area (Å²) in [6.45, 7) is 7.32. The van der Waals surface area contributed by atoms with Crippen molar-refractivity contribution < 1.29 is 0 Å². The summed E-state index contributed by atoms with van der Waals surface area (Å²) in [5, 5.41) is 4.32. The van der Waals surface area contributed by atoms with Crippen molar-refractivity contribution in [1.82, 2.24) is 14.7 Å². The molecule has 0 aliphatic carbocycles. The first-order valence-electron chi connectivity index (χ1n) is 4.44. The van der Waals surface area contributed by atoms with Gasteiger partial charge in [0.25, 0.3) is 0 Å². The highest BCUT2D eigenvalue weighted by Gasteiger charge is 2.17. The van der Waals surface area contributed by atoms with Gasteiger partial charge in [0.1, 0.15) is 0 Å². The Balaban J connectivity index is 0.000000251. The molecule has 0 bridgehead atoms. The van der Waals surface area contributed by atoms with E-state index >= 15 is 0 Å². The maximum absolute atomic E-state index is 4.32. The summed E-state index contributed by atoms with van der Waals surface area (Å²) in [5.74, 6) is 0. The first kappa shape index (κ1) is 9.99. The number of aryl methyl sites for hydroxylation is 1. The fourth-order valence-electron chi connectivity index (χ4n) is 1.45. The Morgan fingerprint density at radius 3 is 2.62 bits per heavy atom. The Morgan fingerprint density at radius 2 is 2.08 bits per heavy atom. The highest BCUT2D eigenvalue weighted by Crippen LogP contribution is 2.18. The lowest BCUT2D eigenvalue weighted by Gasteiger charge is -2.03. The van der Waals surface area contributed by atoms with Gasteiger partial charge in [-0.25, -0.2) is 0 Å². The first-order valence-corrected chi connectivity index (χ1v) is 4.44. The molecular formula is C10H17N3. The highest BCUT2D eigenvalue weighted by atomic mass is 15.3. The van der Waals surface area contributed by atoms with Crippen LogP contribution < -0.4 is 0 Å². The Labute approximate surface area is 79.7 Å². The van der Waals surface area contributed by atoms with E-state index in [9.17, 15) is 0 Å². The van der Waals surface area contributed by atoms with E-state index in [2.05, 4.69) is 29.8 Å². The minimum Gasteiger partial charge on any atom is -0.296 e. The van der Waals surface area contributed by atoms with Gasteiger partial charge in [0.05, 0.1) is 5.69 Å². The lowest BCUT2D eigenvalue weighted by Crippen LogP contribution is -2.09. The largest absolute Gasteiger partial charge is 0.296 e. The Bertz CT molecular complexity index is 265. The predicted molar refractivity (Wildman–Crippen MR) is 54.3 cm³/mol. The maximum atomic E-state index is 4.32. The summed E-state index contributed by atoms with van der Waals surface area (Å²) in [6.07, 6.45) is 3.85. The van der Waals surface area contributed by atoms with Crippen molar-refractivity contribution in [2.24, 2.45) is 7.05 Å². The van der Waals surface area contributed by atoms with Crippen LogP contribution in [0.3, 0.4) is 0 Å². The van der Waals surface area contributed by atoms with E-state index in [-0.39, 0.29) is 0 Å².